The molecule has 7 heteroatoms. The lowest BCUT2D eigenvalue weighted by molar-refractivity contribution is 0.0567. The van der Waals surface area contributed by atoms with E-state index in [2.05, 4.69) is 4.18 Å². The van der Waals surface area contributed by atoms with Gasteiger partial charge in [0, 0.05) is 12.5 Å². The van der Waals surface area contributed by atoms with Gasteiger partial charge in [-0.2, -0.15) is 0 Å². The molecule has 22 heavy (non-hydrogen) atoms. The Bertz CT molecular complexity index is 569. The van der Waals surface area contributed by atoms with Crippen LogP contribution in [0.15, 0.2) is 24.3 Å². The molecule has 0 aliphatic carbocycles. The fourth-order valence-electron chi connectivity index (χ4n) is 2.43. The van der Waals surface area contributed by atoms with Crippen LogP contribution in [-0.2, 0) is 26.7 Å². The highest BCUT2D eigenvalue weighted by Gasteiger charge is 2.31. The zero-order valence-electron chi connectivity index (χ0n) is 12.9. The number of hydrogen-bond donors (Lipinski definition) is 0. The van der Waals surface area contributed by atoms with E-state index in [9.17, 15) is 13.6 Å². The van der Waals surface area contributed by atoms with E-state index >= 15 is 0 Å². The summed E-state index contributed by atoms with van der Waals surface area (Å²) in [6.07, 6.45) is 0.222. The Labute approximate surface area is 132 Å². The number of carbonyl (C=O) groups excluding carboxylic acids is 1. The topological polar surface area (TPSA) is 78.9 Å². The monoisotopic (exact) mass is 326 g/mol. The predicted octanol–water partition coefficient (Wildman–Crippen LogP) is 2.41. The summed E-state index contributed by atoms with van der Waals surface area (Å²) in [5, 5.41) is 0. The van der Waals surface area contributed by atoms with E-state index in [4.69, 9.17) is 4.74 Å². The number of benzene rings is 1. The van der Waals surface area contributed by atoms with E-state index in [1.54, 1.807) is 4.90 Å². The van der Waals surface area contributed by atoms with Crippen LogP contribution in [-0.4, -0.2) is 33.6 Å². The molecule has 0 saturated carbocycles. The molecule has 1 amide bonds. The highest BCUT2D eigenvalue weighted by atomic mass is 32.2. The van der Waals surface area contributed by atoms with Crippen molar-refractivity contribution >= 4 is 23.1 Å². The van der Waals surface area contributed by atoms with Gasteiger partial charge in [0.15, 0.2) is 0 Å². The number of anilines is 1. The second-order valence-electron chi connectivity index (χ2n) is 6.28. The first-order valence-corrected chi connectivity index (χ1v) is 8.07. The van der Waals surface area contributed by atoms with E-state index in [-0.39, 0.29) is 12.5 Å². The summed E-state index contributed by atoms with van der Waals surface area (Å²) < 4.78 is 31.2. The second-order valence-corrected chi connectivity index (χ2v) is 6.92. The summed E-state index contributed by atoms with van der Waals surface area (Å²) in [4.78, 5) is 13.9. The third-order valence-electron chi connectivity index (χ3n) is 3.25. The van der Waals surface area contributed by atoms with Crippen LogP contribution in [0.3, 0.4) is 0 Å². The molecule has 0 radical (unpaired) electrons. The molecule has 0 spiro atoms. The van der Waals surface area contributed by atoms with Gasteiger partial charge in [0.05, 0.1) is 23.7 Å². The molecule has 1 aliphatic heterocycles. The lowest BCUT2D eigenvalue weighted by atomic mass is 9.93. The first-order valence-electron chi connectivity index (χ1n) is 7.07. The van der Waals surface area contributed by atoms with Crippen molar-refractivity contribution in [2.75, 3.05) is 18.1 Å². The second kappa shape index (κ2) is 6.76. The van der Waals surface area contributed by atoms with Gasteiger partial charge in [-0.15, -0.1) is 0 Å². The molecule has 6 nitrogen and oxygen atoms in total. The van der Waals surface area contributed by atoms with Gasteiger partial charge < -0.3 is 13.5 Å². The molecular formula is C15H20NO5S-. The van der Waals surface area contributed by atoms with Crippen molar-refractivity contribution in [2.45, 2.75) is 32.8 Å². The maximum atomic E-state index is 12.4. The highest BCUT2D eigenvalue weighted by Crippen LogP contribution is 2.31. The molecule has 0 aromatic heterocycles. The van der Waals surface area contributed by atoms with Gasteiger partial charge in [-0.05, 0) is 38.8 Å². The maximum absolute atomic E-state index is 12.4. The van der Waals surface area contributed by atoms with Gasteiger partial charge in [-0.1, -0.05) is 18.2 Å². The fourth-order valence-corrected chi connectivity index (χ4v) is 2.74. The van der Waals surface area contributed by atoms with E-state index in [0.29, 0.717) is 13.0 Å². The Morgan fingerprint density at radius 3 is 2.73 bits per heavy atom. The van der Waals surface area contributed by atoms with Gasteiger partial charge >= 0.3 is 6.09 Å². The summed E-state index contributed by atoms with van der Waals surface area (Å²) in [5.74, 6) is -0.0969. The minimum atomic E-state index is -2.55. The molecular weight excluding hydrogens is 306 g/mol. The van der Waals surface area contributed by atoms with E-state index in [1.165, 1.54) is 0 Å². The molecule has 2 atom stereocenters. The van der Waals surface area contributed by atoms with Crippen molar-refractivity contribution in [3.05, 3.63) is 29.8 Å². The molecule has 0 fully saturated rings. The Morgan fingerprint density at radius 1 is 1.41 bits per heavy atom. The summed E-state index contributed by atoms with van der Waals surface area (Å²) in [6.45, 7) is 5.83. The SMILES string of the molecule is CC(C)(C)OC(=O)N1C[C@@H](COS(=O)[O-])Cc2ccccc21. The fraction of sp³-hybridized carbons (Fsp3) is 0.533. The number of ether oxygens (including phenoxy) is 1. The average molecular weight is 326 g/mol. The Morgan fingerprint density at radius 2 is 2.09 bits per heavy atom. The zero-order valence-corrected chi connectivity index (χ0v) is 13.7. The Hall–Kier alpha value is -1.44. The normalized spacial score (nSPS) is 19.5. The van der Waals surface area contributed by atoms with Crippen LogP contribution < -0.4 is 4.90 Å². The number of nitrogens with zero attached hydrogens (tertiary/aromatic N) is 1. The van der Waals surface area contributed by atoms with E-state index < -0.39 is 23.1 Å². The maximum Gasteiger partial charge on any atom is 0.414 e. The third-order valence-corrected chi connectivity index (χ3v) is 3.57. The lowest BCUT2D eigenvalue weighted by Crippen LogP contribution is -2.44. The van der Waals surface area contributed by atoms with Crippen molar-refractivity contribution in [3.63, 3.8) is 0 Å². The number of rotatable bonds is 3. The van der Waals surface area contributed by atoms with Crippen LogP contribution in [0, 0.1) is 5.92 Å². The van der Waals surface area contributed by atoms with E-state index in [0.717, 1.165) is 11.3 Å². The number of hydrogen-bond acceptors (Lipinski definition) is 5. The van der Waals surface area contributed by atoms with Crippen molar-refractivity contribution in [1.82, 2.24) is 0 Å². The summed E-state index contributed by atoms with van der Waals surface area (Å²) in [7, 11) is 0. The van der Waals surface area contributed by atoms with Crippen LogP contribution >= 0.6 is 0 Å². The molecule has 0 bridgehead atoms. The summed E-state index contributed by atoms with van der Waals surface area (Å²) in [5.41, 5.74) is 1.19. The molecule has 0 N–H and O–H groups in total. The third kappa shape index (κ3) is 4.53. The molecule has 2 rings (SSSR count). The molecule has 1 aromatic carbocycles. The molecule has 122 valence electrons. The van der Waals surface area contributed by atoms with Crippen LogP contribution in [0.1, 0.15) is 26.3 Å². The first kappa shape index (κ1) is 16.9. The van der Waals surface area contributed by atoms with Crippen molar-refractivity contribution in [3.8, 4) is 0 Å². The first-order chi connectivity index (χ1) is 10.3. The van der Waals surface area contributed by atoms with Gasteiger partial charge in [0.2, 0.25) is 0 Å². The quantitative estimate of drug-likeness (QED) is 0.797. The molecule has 1 aromatic rings. The Balaban J connectivity index is 2.19. The Kier molecular flexibility index (Phi) is 5.20. The minimum Gasteiger partial charge on any atom is -0.750 e. The summed E-state index contributed by atoms with van der Waals surface area (Å²) >= 11 is -2.55. The number of carbonyl (C=O) groups is 1. The lowest BCUT2D eigenvalue weighted by Gasteiger charge is -2.35. The van der Waals surface area contributed by atoms with Crippen molar-refractivity contribution in [1.29, 1.82) is 0 Å². The van der Waals surface area contributed by atoms with Gasteiger partial charge in [-0.3, -0.25) is 4.90 Å². The number of amides is 1. The summed E-state index contributed by atoms with van der Waals surface area (Å²) in [6, 6.07) is 7.54. The minimum absolute atomic E-state index is 0.0454. The van der Waals surface area contributed by atoms with Gasteiger partial charge in [-0.25, -0.2) is 9.00 Å². The molecule has 1 aliphatic rings. The average Bonchev–Trinajstić information content (AvgIpc) is 2.42. The standard InChI is InChI=1S/C15H21NO5S/c1-15(2,3)21-14(17)16-9-11(10-20-22(18)19)8-12-6-4-5-7-13(12)16/h4-7,11H,8-10H2,1-3H3,(H,18,19)/p-1/t11-/m0/s1. The molecule has 1 heterocycles. The van der Waals surface area contributed by atoms with Crippen LogP contribution in [0.2, 0.25) is 0 Å². The smallest absolute Gasteiger partial charge is 0.414 e. The molecule has 0 saturated heterocycles. The van der Waals surface area contributed by atoms with Gasteiger partial charge in [0.1, 0.15) is 5.60 Å². The molecule has 1 unspecified atom stereocenters. The van der Waals surface area contributed by atoms with Crippen molar-refractivity contribution in [2.24, 2.45) is 5.92 Å². The number of para-hydroxylation sites is 1. The van der Waals surface area contributed by atoms with Crippen molar-refractivity contribution < 1.29 is 22.5 Å². The van der Waals surface area contributed by atoms with Gasteiger partial charge in [0.25, 0.3) is 0 Å². The van der Waals surface area contributed by atoms with E-state index in [1.807, 2.05) is 45.0 Å². The highest BCUT2D eigenvalue weighted by molar-refractivity contribution is 7.74. The van der Waals surface area contributed by atoms with Crippen LogP contribution in [0.25, 0.3) is 0 Å². The van der Waals surface area contributed by atoms with Crippen LogP contribution in [0.5, 0.6) is 0 Å². The predicted molar refractivity (Wildman–Crippen MR) is 82.1 cm³/mol. The zero-order chi connectivity index (χ0) is 16.3. The van der Waals surface area contributed by atoms with Crippen LogP contribution in [0.4, 0.5) is 10.5 Å². The number of fused-ring (bicyclic) bond motifs is 1. The largest absolute Gasteiger partial charge is 0.750 e.